The van der Waals surface area contributed by atoms with Gasteiger partial charge in [-0.1, -0.05) is 74.0 Å². The van der Waals surface area contributed by atoms with E-state index in [1.807, 2.05) is 13.8 Å². The Morgan fingerprint density at radius 2 is 1.24 bits per heavy atom. The normalized spacial score (nSPS) is 10.6. The summed E-state index contributed by atoms with van der Waals surface area (Å²) in [6.45, 7) is 6.15. The molecule has 0 spiro atoms. The van der Waals surface area contributed by atoms with Crippen molar-refractivity contribution in [1.82, 2.24) is 0 Å². The van der Waals surface area contributed by atoms with Gasteiger partial charge in [-0.25, -0.2) is 0 Å². The topological polar surface area (TPSA) is 0 Å². The molecule has 0 N–H and O–H groups in total. The monoisotopic (exact) mass is 272 g/mol. The Morgan fingerprint density at radius 3 is 2.10 bits per heavy atom. The van der Waals surface area contributed by atoms with Crippen molar-refractivity contribution in [3.63, 3.8) is 0 Å². The smallest absolute Gasteiger partial charge is 0.00990 e. The fourth-order valence-corrected chi connectivity index (χ4v) is 2.87. The maximum absolute atomic E-state index is 2.32. The van der Waals surface area contributed by atoms with Gasteiger partial charge < -0.3 is 0 Å². The van der Waals surface area contributed by atoms with Gasteiger partial charge in [-0.05, 0) is 51.4 Å². The Kier molecular flexibility index (Phi) is 3.62. The molecule has 0 radical (unpaired) electrons. The molecule has 0 saturated carbocycles. The van der Waals surface area contributed by atoms with Crippen molar-refractivity contribution in [2.45, 2.75) is 20.8 Å². The van der Waals surface area contributed by atoms with E-state index in [0.29, 0.717) is 0 Å². The lowest BCUT2D eigenvalue weighted by Crippen LogP contribution is -1.80. The predicted octanol–water partition coefficient (Wildman–Crippen LogP) is 6.48. The van der Waals surface area contributed by atoms with E-state index >= 15 is 0 Å². The van der Waals surface area contributed by atoms with E-state index in [4.69, 9.17) is 0 Å². The molecule has 0 heterocycles. The van der Waals surface area contributed by atoms with Crippen LogP contribution < -0.4 is 0 Å². The van der Waals surface area contributed by atoms with Crippen LogP contribution in [0.5, 0.6) is 0 Å². The van der Waals surface area contributed by atoms with E-state index in [1.165, 1.54) is 37.9 Å². The highest BCUT2D eigenvalue weighted by atomic mass is 14.1. The van der Waals surface area contributed by atoms with Crippen LogP contribution in [0.1, 0.15) is 19.4 Å². The number of hydrogen-bond donors (Lipinski definition) is 0. The van der Waals surface area contributed by atoms with Gasteiger partial charge in [0.1, 0.15) is 0 Å². The average Bonchev–Trinajstić information content (AvgIpc) is 2.55. The largest absolute Gasteiger partial charge is 0.0683 e. The van der Waals surface area contributed by atoms with E-state index in [-0.39, 0.29) is 0 Å². The van der Waals surface area contributed by atoms with E-state index in [0.717, 1.165) is 0 Å². The van der Waals surface area contributed by atoms with Crippen molar-refractivity contribution in [3.8, 4) is 0 Å². The Bertz CT molecular complexity index is 917. The van der Waals surface area contributed by atoms with Gasteiger partial charge in [0.2, 0.25) is 0 Å². The average molecular weight is 272 g/mol. The first kappa shape index (κ1) is 13.6. The predicted molar refractivity (Wildman–Crippen MR) is 95.0 cm³/mol. The van der Waals surface area contributed by atoms with Gasteiger partial charge in [-0.2, -0.15) is 0 Å². The SMILES string of the molecule is CC.Cc1ccc2cc3ccc4ccccc4c3cc2c1. The molecule has 0 bridgehead atoms. The lowest BCUT2D eigenvalue weighted by Gasteiger charge is -2.07. The molecule has 0 aromatic heterocycles. The lowest BCUT2D eigenvalue weighted by atomic mass is 9.98. The number of hydrogen-bond acceptors (Lipinski definition) is 0. The van der Waals surface area contributed by atoms with E-state index < -0.39 is 0 Å². The Labute approximate surface area is 126 Å². The first-order valence-electron chi connectivity index (χ1n) is 7.63. The van der Waals surface area contributed by atoms with Gasteiger partial charge in [-0.15, -0.1) is 0 Å². The molecular formula is C21H20. The molecule has 0 fully saturated rings. The zero-order valence-electron chi connectivity index (χ0n) is 12.9. The highest BCUT2D eigenvalue weighted by Gasteiger charge is 2.02. The molecule has 0 aliphatic heterocycles. The van der Waals surface area contributed by atoms with E-state index in [9.17, 15) is 0 Å². The number of fused-ring (bicyclic) bond motifs is 4. The van der Waals surface area contributed by atoms with Crippen molar-refractivity contribution >= 4 is 32.3 Å². The van der Waals surface area contributed by atoms with Gasteiger partial charge in [0.25, 0.3) is 0 Å². The standard InChI is InChI=1S/C19H14.C2H6/c1-13-6-7-15-11-16-9-8-14-4-2-3-5-18(14)19(16)12-17(15)10-13;1-2/h2-12H,1H3;1-2H3. The Hall–Kier alpha value is -2.34. The third kappa shape index (κ3) is 2.38. The van der Waals surface area contributed by atoms with Gasteiger partial charge in [0, 0.05) is 0 Å². The molecule has 0 aliphatic rings. The van der Waals surface area contributed by atoms with Crippen molar-refractivity contribution < 1.29 is 0 Å². The molecule has 21 heavy (non-hydrogen) atoms. The maximum Gasteiger partial charge on any atom is -0.00990 e. The van der Waals surface area contributed by atoms with Crippen LogP contribution in [0.3, 0.4) is 0 Å². The first-order valence-corrected chi connectivity index (χ1v) is 7.63. The first-order chi connectivity index (χ1) is 10.3. The van der Waals surface area contributed by atoms with Crippen molar-refractivity contribution in [1.29, 1.82) is 0 Å². The van der Waals surface area contributed by atoms with Gasteiger partial charge >= 0.3 is 0 Å². The highest BCUT2D eigenvalue weighted by molar-refractivity contribution is 6.12. The zero-order chi connectivity index (χ0) is 14.8. The summed E-state index contributed by atoms with van der Waals surface area (Å²) in [7, 11) is 0. The van der Waals surface area contributed by atoms with Gasteiger partial charge in [0.15, 0.2) is 0 Å². The second kappa shape index (κ2) is 5.57. The van der Waals surface area contributed by atoms with Gasteiger partial charge in [-0.3, -0.25) is 0 Å². The molecule has 0 amide bonds. The third-order valence-electron chi connectivity index (χ3n) is 3.86. The third-order valence-corrected chi connectivity index (χ3v) is 3.86. The number of aryl methyl sites for hydroxylation is 1. The van der Waals surface area contributed by atoms with Gasteiger partial charge in [0.05, 0.1) is 0 Å². The van der Waals surface area contributed by atoms with Crippen LogP contribution in [0.2, 0.25) is 0 Å². The van der Waals surface area contributed by atoms with Crippen LogP contribution in [-0.4, -0.2) is 0 Å². The van der Waals surface area contributed by atoms with Crippen LogP contribution in [0.15, 0.2) is 66.7 Å². The Balaban J connectivity index is 0.000000636. The maximum atomic E-state index is 2.32. The summed E-state index contributed by atoms with van der Waals surface area (Å²) in [5.41, 5.74) is 1.31. The molecule has 104 valence electrons. The van der Waals surface area contributed by atoms with Crippen LogP contribution >= 0.6 is 0 Å². The van der Waals surface area contributed by atoms with Crippen molar-refractivity contribution in [2.75, 3.05) is 0 Å². The summed E-state index contributed by atoms with van der Waals surface area (Å²) in [5.74, 6) is 0. The van der Waals surface area contributed by atoms with Crippen molar-refractivity contribution in [3.05, 3.63) is 72.3 Å². The van der Waals surface area contributed by atoms with Crippen LogP contribution in [0, 0.1) is 6.92 Å². The summed E-state index contributed by atoms with van der Waals surface area (Å²) < 4.78 is 0. The van der Waals surface area contributed by atoms with Crippen LogP contribution in [-0.2, 0) is 0 Å². The minimum absolute atomic E-state index is 1.31. The lowest BCUT2D eigenvalue weighted by molar-refractivity contribution is 1.50. The Morgan fingerprint density at radius 1 is 0.524 bits per heavy atom. The molecule has 0 heteroatoms. The molecule has 0 aliphatic carbocycles. The number of benzene rings is 4. The van der Waals surface area contributed by atoms with Crippen LogP contribution in [0.4, 0.5) is 0 Å². The quantitative estimate of drug-likeness (QED) is 0.254. The molecule has 0 unspecified atom stereocenters. The fourth-order valence-electron chi connectivity index (χ4n) is 2.87. The molecule has 4 aromatic rings. The minimum atomic E-state index is 1.31. The summed E-state index contributed by atoms with van der Waals surface area (Å²) in [6.07, 6.45) is 0. The molecular weight excluding hydrogens is 252 g/mol. The molecule has 4 rings (SSSR count). The fraction of sp³-hybridized carbons (Fsp3) is 0.143. The second-order valence-electron chi connectivity index (χ2n) is 5.21. The highest BCUT2D eigenvalue weighted by Crippen LogP contribution is 2.29. The second-order valence-corrected chi connectivity index (χ2v) is 5.21. The summed E-state index contributed by atoms with van der Waals surface area (Å²) in [5, 5.41) is 7.94. The molecule has 0 nitrogen and oxygen atoms in total. The summed E-state index contributed by atoms with van der Waals surface area (Å²) in [6, 6.07) is 24.3. The molecule has 4 aromatic carbocycles. The zero-order valence-corrected chi connectivity index (χ0v) is 12.9. The molecule has 0 saturated heterocycles. The van der Waals surface area contributed by atoms with Crippen molar-refractivity contribution in [2.24, 2.45) is 0 Å². The summed E-state index contributed by atoms with van der Waals surface area (Å²) in [4.78, 5) is 0. The molecule has 0 atom stereocenters. The summed E-state index contributed by atoms with van der Waals surface area (Å²) >= 11 is 0. The number of rotatable bonds is 0. The van der Waals surface area contributed by atoms with E-state index in [1.54, 1.807) is 0 Å². The van der Waals surface area contributed by atoms with Crippen LogP contribution in [0.25, 0.3) is 32.3 Å². The van der Waals surface area contributed by atoms with E-state index in [2.05, 4.69) is 73.7 Å². The minimum Gasteiger partial charge on any atom is -0.0683 e.